The fourth-order valence-corrected chi connectivity index (χ4v) is 2.18. The van der Waals surface area contributed by atoms with Crippen LogP contribution < -0.4 is 5.73 Å². The Bertz CT molecular complexity index is 422. The van der Waals surface area contributed by atoms with E-state index < -0.39 is 29.5 Å². The van der Waals surface area contributed by atoms with Gasteiger partial charge < -0.3 is 15.6 Å². The number of carboxylic acid groups (broad SMARTS) is 1. The van der Waals surface area contributed by atoms with Crippen molar-refractivity contribution in [3.8, 4) is 0 Å². The molecule has 0 fully saturated rings. The summed E-state index contributed by atoms with van der Waals surface area (Å²) in [7, 11) is 0. The molecule has 1 rings (SSSR count). The van der Waals surface area contributed by atoms with Crippen molar-refractivity contribution in [2.24, 2.45) is 11.7 Å². The van der Waals surface area contributed by atoms with Crippen LogP contribution in [0.1, 0.15) is 31.7 Å². The fraction of sp³-hybridized carbons (Fsp3) is 0.500. The van der Waals surface area contributed by atoms with E-state index in [0.717, 1.165) is 0 Å². The quantitative estimate of drug-likeness (QED) is 0.643. The third kappa shape index (κ3) is 3.82. The smallest absolute Gasteiger partial charge is 0.322 e. The molecule has 0 aliphatic rings. The van der Waals surface area contributed by atoms with Gasteiger partial charge in [0.1, 0.15) is 5.60 Å². The molecule has 0 spiro atoms. The lowest BCUT2D eigenvalue weighted by Crippen LogP contribution is -2.38. The van der Waals surface area contributed by atoms with Gasteiger partial charge in [0.2, 0.25) is 0 Å². The maximum atomic E-state index is 11.9. The molecule has 18 heavy (non-hydrogen) atoms. The first-order valence-electron chi connectivity index (χ1n) is 5.47. The summed E-state index contributed by atoms with van der Waals surface area (Å²) in [5, 5.41) is 10.9. The molecule has 0 amide bonds. The number of thiophene rings is 1. The molecule has 2 atom stereocenters. The van der Waals surface area contributed by atoms with Gasteiger partial charge in [-0.05, 0) is 32.2 Å². The minimum absolute atomic E-state index is 0.647. The van der Waals surface area contributed by atoms with Gasteiger partial charge in [-0.25, -0.2) is 0 Å². The summed E-state index contributed by atoms with van der Waals surface area (Å²) >= 11 is 1.32. The Morgan fingerprint density at radius 1 is 1.44 bits per heavy atom. The van der Waals surface area contributed by atoms with Crippen molar-refractivity contribution in [1.82, 2.24) is 0 Å². The van der Waals surface area contributed by atoms with Crippen LogP contribution in [0, 0.1) is 5.92 Å². The second kappa shape index (κ2) is 5.49. The molecule has 0 aliphatic heterocycles. The molecule has 0 unspecified atom stereocenters. The Balaban J connectivity index is 2.90. The standard InChI is InChI=1S/C12H17NO4S/c1-12(2,3)17-11(16)8(10(14)15)9(13)7-5-4-6-18-7/h4-6,8-9H,13H2,1-3H3,(H,14,15)/t8-,9+/m1/s1. The van der Waals surface area contributed by atoms with Crippen molar-refractivity contribution in [1.29, 1.82) is 0 Å². The van der Waals surface area contributed by atoms with E-state index in [1.54, 1.807) is 38.3 Å². The summed E-state index contributed by atoms with van der Waals surface area (Å²) < 4.78 is 5.09. The number of esters is 1. The summed E-state index contributed by atoms with van der Waals surface area (Å²) in [6.45, 7) is 5.04. The lowest BCUT2D eigenvalue weighted by atomic mass is 9.99. The highest BCUT2D eigenvalue weighted by Crippen LogP contribution is 2.26. The van der Waals surface area contributed by atoms with Crippen LogP contribution in [-0.2, 0) is 14.3 Å². The molecule has 0 bridgehead atoms. The molecule has 3 N–H and O–H groups in total. The highest BCUT2D eigenvalue weighted by atomic mass is 32.1. The Kier molecular flexibility index (Phi) is 4.48. The van der Waals surface area contributed by atoms with E-state index in [4.69, 9.17) is 15.6 Å². The van der Waals surface area contributed by atoms with Gasteiger partial charge in [-0.3, -0.25) is 9.59 Å². The number of hydrogen-bond acceptors (Lipinski definition) is 5. The molecule has 0 aliphatic carbocycles. The van der Waals surface area contributed by atoms with Crippen molar-refractivity contribution < 1.29 is 19.4 Å². The Morgan fingerprint density at radius 3 is 2.44 bits per heavy atom. The number of ether oxygens (including phenoxy) is 1. The molecule has 1 aromatic rings. The first kappa shape index (κ1) is 14.7. The van der Waals surface area contributed by atoms with Crippen molar-refractivity contribution in [3.63, 3.8) is 0 Å². The number of hydrogen-bond donors (Lipinski definition) is 2. The molecule has 0 saturated heterocycles. The minimum Gasteiger partial charge on any atom is -0.481 e. The van der Waals surface area contributed by atoms with Gasteiger partial charge >= 0.3 is 11.9 Å². The van der Waals surface area contributed by atoms with E-state index >= 15 is 0 Å². The summed E-state index contributed by atoms with van der Waals surface area (Å²) in [5.41, 5.74) is 5.10. The van der Waals surface area contributed by atoms with E-state index in [0.29, 0.717) is 4.88 Å². The topological polar surface area (TPSA) is 89.6 Å². The van der Waals surface area contributed by atoms with Crippen LogP contribution in [0.2, 0.25) is 0 Å². The van der Waals surface area contributed by atoms with Crippen LogP contribution in [0.5, 0.6) is 0 Å². The number of nitrogens with two attached hydrogens (primary N) is 1. The molecular weight excluding hydrogens is 254 g/mol. The zero-order valence-electron chi connectivity index (χ0n) is 10.5. The van der Waals surface area contributed by atoms with Gasteiger partial charge in [0, 0.05) is 4.88 Å². The highest BCUT2D eigenvalue weighted by Gasteiger charge is 2.37. The SMILES string of the molecule is CC(C)(C)OC(=O)[C@@H](C(=O)O)[C@@H](N)c1cccs1. The van der Waals surface area contributed by atoms with Gasteiger partial charge in [0.15, 0.2) is 5.92 Å². The number of aliphatic carboxylic acids is 1. The summed E-state index contributed by atoms with van der Waals surface area (Å²) in [4.78, 5) is 23.7. The normalized spacial score (nSPS) is 14.9. The van der Waals surface area contributed by atoms with Crippen molar-refractivity contribution >= 4 is 23.3 Å². The molecule has 0 aromatic carbocycles. The third-order valence-corrected chi connectivity index (χ3v) is 3.13. The average Bonchev–Trinajstić information content (AvgIpc) is 2.65. The van der Waals surface area contributed by atoms with E-state index in [-0.39, 0.29) is 0 Å². The zero-order valence-corrected chi connectivity index (χ0v) is 11.4. The molecule has 100 valence electrons. The number of carboxylic acids is 1. The Hall–Kier alpha value is -1.40. The fourth-order valence-electron chi connectivity index (χ4n) is 1.41. The number of rotatable bonds is 4. The largest absolute Gasteiger partial charge is 0.481 e. The van der Waals surface area contributed by atoms with Crippen LogP contribution in [0.3, 0.4) is 0 Å². The van der Waals surface area contributed by atoms with Crippen molar-refractivity contribution in [3.05, 3.63) is 22.4 Å². The minimum atomic E-state index is -1.39. The molecule has 6 heteroatoms. The second-order valence-corrected chi connectivity index (χ2v) is 5.87. The lowest BCUT2D eigenvalue weighted by Gasteiger charge is -2.24. The lowest BCUT2D eigenvalue weighted by molar-refractivity contribution is -0.167. The average molecular weight is 271 g/mol. The first-order chi connectivity index (χ1) is 8.22. The maximum absolute atomic E-state index is 11.9. The summed E-state index contributed by atoms with van der Waals surface area (Å²) in [5.74, 6) is -3.47. The van der Waals surface area contributed by atoms with Gasteiger partial charge in [-0.15, -0.1) is 11.3 Å². The summed E-state index contributed by atoms with van der Waals surface area (Å²) in [6.07, 6.45) is 0. The van der Waals surface area contributed by atoms with Gasteiger partial charge in [0.25, 0.3) is 0 Å². The second-order valence-electron chi connectivity index (χ2n) is 4.89. The molecule has 5 nitrogen and oxygen atoms in total. The number of carbonyl (C=O) groups excluding carboxylic acids is 1. The van der Waals surface area contributed by atoms with E-state index in [9.17, 15) is 9.59 Å². The molecule has 1 heterocycles. The molecular formula is C12H17NO4S. The first-order valence-corrected chi connectivity index (χ1v) is 6.35. The maximum Gasteiger partial charge on any atom is 0.322 e. The predicted molar refractivity (Wildman–Crippen MR) is 68.2 cm³/mol. The number of carbonyl (C=O) groups is 2. The molecule has 1 aromatic heterocycles. The zero-order chi connectivity index (χ0) is 13.9. The van der Waals surface area contributed by atoms with Crippen LogP contribution in [0.25, 0.3) is 0 Å². The van der Waals surface area contributed by atoms with Gasteiger partial charge in [-0.1, -0.05) is 6.07 Å². The van der Waals surface area contributed by atoms with Crippen LogP contribution in [-0.4, -0.2) is 22.6 Å². The predicted octanol–water partition coefficient (Wildman–Crippen LogP) is 1.79. The van der Waals surface area contributed by atoms with Crippen LogP contribution >= 0.6 is 11.3 Å². The molecule has 0 radical (unpaired) electrons. The van der Waals surface area contributed by atoms with Gasteiger partial charge in [-0.2, -0.15) is 0 Å². The Labute approximate surface area is 110 Å². The summed E-state index contributed by atoms with van der Waals surface area (Å²) in [6, 6.07) is 2.57. The molecule has 0 saturated carbocycles. The van der Waals surface area contributed by atoms with Crippen molar-refractivity contribution in [2.45, 2.75) is 32.4 Å². The Morgan fingerprint density at radius 2 is 2.06 bits per heavy atom. The van der Waals surface area contributed by atoms with E-state index in [1.807, 2.05) is 0 Å². The monoisotopic (exact) mass is 271 g/mol. The van der Waals surface area contributed by atoms with Crippen LogP contribution in [0.15, 0.2) is 17.5 Å². The highest BCUT2D eigenvalue weighted by molar-refractivity contribution is 7.10. The third-order valence-electron chi connectivity index (χ3n) is 2.16. The van der Waals surface area contributed by atoms with E-state index in [1.165, 1.54) is 11.3 Å². The van der Waals surface area contributed by atoms with Crippen LogP contribution in [0.4, 0.5) is 0 Å². The van der Waals surface area contributed by atoms with Gasteiger partial charge in [0.05, 0.1) is 6.04 Å². The van der Waals surface area contributed by atoms with Crippen molar-refractivity contribution in [2.75, 3.05) is 0 Å². The van der Waals surface area contributed by atoms with E-state index in [2.05, 4.69) is 0 Å².